The fourth-order valence-electron chi connectivity index (χ4n) is 2.65. The van der Waals surface area contributed by atoms with E-state index in [1.807, 2.05) is 0 Å². The summed E-state index contributed by atoms with van der Waals surface area (Å²) in [6.45, 7) is 5.54. The number of hydrogen-bond donors (Lipinski definition) is 1. The predicted octanol–water partition coefficient (Wildman–Crippen LogP) is 0.620. The molecule has 0 saturated carbocycles. The molecule has 136 valence electrons. The van der Waals surface area contributed by atoms with Crippen molar-refractivity contribution in [3.05, 3.63) is 18.2 Å². The number of rotatable bonds is 8. The minimum Gasteiger partial charge on any atom is -0.493 e. The summed E-state index contributed by atoms with van der Waals surface area (Å²) in [6.07, 6.45) is 0.788. The molecule has 0 bridgehead atoms. The van der Waals surface area contributed by atoms with Gasteiger partial charge in [-0.3, -0.25) is 0 Å². The van der Waals surface area contributed by atoms with Gasteiger partial charge >= 0.3 is 0 Å². The van der Waals surface area contributed by atoms with Gasteiger partial charge in [0.15, 0.2) is 11.5 Å². The monoisotopic (exact) mass is 357 g/mol. The second-order valence-electron chi connectivity index (χ2n) is 5.91. The van der Waals surface area contributed by atoms with Crippen LogP contribution in [0.4, 0.5) is 0 Å². The highest BCUT2D eigenvalue weighted by atomic mass is 32.2. The standard InChI is InChI=1S/C16H27N3O4S/c1-18-9-11-19(12-10-18)8-4-7-17-24(20,21)14-5-6-15(22-2)16(13-14)23-3/h5-6,13,17H,4,7-12H2,1-3H3. The van der Waals surface area contributed by atoms with Crippen molar-refractivity contribution < 1.29 is 17.9 Å². The SMILES string of the molecule is COc1ccc(S(=O)(=O)NCCCN2CCN(C)CC2)cc1OC. The number of piperazine rings is 1. The second kappa shape index (κ2) is 8.66. The van der Waals surface area contributed by atoms with Gasteiger partial charge in [-0.15, -0.1) is 0 Å². The Morgan fingerprint density at radius 3 is 2.38 bits per heavy atom. The first-order valence-electron chi connectivity index (χ1n) is 8.09. The van der Waals surface area contributed by atoms with Gasteiger partial charge < -0.3 is 19.3 Å². The first kappa shape index (κ1) is 19.0. The van der Waals surface area contributed by atoms with Crippen molar-refractivity contribution in [2.45, 2.75) is 11.3 Å². The van der Waals surface area contributed by atoms with Crippen LogP contribution < -0.4 is 14.2 Å². The Kier molecular flexibility index (Phi) is 6.85. The number of nitrogens with zero attached hydrogens (tertiary/aromatic N) is 2. The lowest BCUT2D eigenvalue weighted by molar-refractivity contribution is 0.153. The molecular formula is C16H27N3O4S. The van der Waals surface area contributed by atoms with Gasteiger partial charge in [0.25, 0.3) is 0 Å². The third-order valence-corrected chi connectivity index (χ3v) is 5.66. The third kappa shape index (κ3) is 5.07. The van der Waals surface area contributed by atoms with E-state index in [0.29, 0.717) is 18.0 Å². The number of ether oxygens (including phenoxy) is 2. The van der Waals surface area contributed by atoms with Gasteiger partial charge in [0.2, 0.25) is 10.0 Å². The molecule has 7 nitrogen and oxygen atoms in total. The van der Waals surface area contributed by atoms with Gasteiger partial charge in [0, 0.05) is 38.8 Å². The Balaban J connectivity index is 1.85. The quantitative estimate of drug-likeness (QED) is 0.688. The molecule has 1 heterocycles. The van der Waals surface area contributed by atoms with Crippen LogP contribution in [-0.4, -0.2) is 78.8 Å². The number of likely N-dealkylation sites (N-methyl/N-ethyl adjacent to an activating group) is 1. The Morgan fingerprint density at radius 2 is 1.75 bits per heavy atom. The molecule has 0 amide bonds. The molecule has 1 aromatic carbocycles. The van der Waals surface area contributed by atoms with Crippen molar-refractivity contribution in [2.24, 2.45) is 0 Å². The molecule has 0 aromatic heterocycles. The fraction of sp³-hybridized carbons (Fsp3) is 0.625. The molecule has 1 N–H and O–H groups in total. The number of hydrogen-bond acceptors (Lipinski definition) is 6. The summed E-state index contributed by atoms with van der Waals surface area (Å²) in [5.74, 6) is 0.907. The maximum absolute atomic E-state index is 12.4. The van der Waals surface area contributed by atoms with Crippen LogP contribution in [0, 0.1) is 0 Å². The molecule has 0 atom stereocenters. The lowest BCUT2D eigenvalue weighted by Crippen LogP contribution is -2.45. The van der Waals surface area contributed by atoms with Gasteiger partial charge in [0.05, 0.1) is 19.1 Å². The molecule has 1 aliphatic heterocycles. The van der Waals surface area contributed by atoms with E-state index in [-0.39, 0.29) is 4.90 Å². The van der Waals surface area contributed by atoms with Crippen LogP contribution in [-0.2, 0) is 10.0 Å². The molecule has 1 aromatic rings. The number of benzene rings is 1. The number of sulfonamides is 1. The highest BCUT2D eigenvalue weighted by molar-refractivity contribution is 7.89. The van der Waals surface area contributed by atoms with Gasteiger partial charge in [-0.25, -0.2) is 13.1 Å². The largest absolute Gasteiger partial charge is 0.493 e. The zero-order valence-corrected chi connectivity index (χ0v) is 15.4. The molecule has 0 spiro atoms. The Morgan fingerprint density at radius 1 is 1.08 bits per heavy atom. The predicted molar refractivity (Wildman–Crippen MR) is 93.3 cm³/mol. The van der Waals surface area contributed by atoms with Gasteiger partial charge in [-0.2, -0.15) is 0 Å². The summed E-state index contributed by atoms with van der Waals surface area (Å²) in [6, 6.07) is 4.59. The lowest BCUT2D eigenvalue weighted by Gasteiger charge is -2.32. The molecule has 0 radical (unpaired) electrons. The van der Waals surface area contributed by atoms with Crippen LogP contribution in [0.2, 0.25) is 0 Å². The van der Waals surface area contributed by atoms with Crippen LogP contribution in [0.1, 0.15) is 6.42 Å². The van der Waals surface area contributed by atoms with E-state index < -0.39 is 10.0 Å². The molecule has 2 rings (SSSR count). The van der Waals surface area contributed by atoms with Gasteiger partial charge in [0.1, 0.15) is 0 Å². The molecule has 24 heavy (non-hydrogen) atoms. The molecule has 0 aliphatic carbocycles. The molecule has 1 aliphatic rings. The number of methoxy groups -OCH3 is 2. The zero-order chi connectivity index (χ0) is 17.6. The van der Waals surface area contributed by atoms with Crippen molar-refractivity contribution in [3.63, 3.8) is 0 Å². The average Bonchev–Trinajstić information content (AvgIpc) is 2.59. The summed E-state index contributed by atoms with van der Waals surface area (Å²) < 4.78 is 37.7. The highest BCUT2D eigenvalue weighted by Crippen LogP contribution is 2.29. The Hall–Kier alpha value is -1.35. The average molecular weight is 357 g/mol. The molecule has 1 fully saturated rings. The van der Waals surface area contributed by atoms with E-state index in [4.69, 9.17) is 9.47 Å². The van der Waals surface area contributed by atoms with E-state index in [1.54, 1.807) is 6.07 Å². The molecule has 8 heteroatoms. The van der Waals surface area contributed by atoms with Crippen LogP contribution in [0.5, 0.6) is 11.5 Å². The normalized spacial score (nSPS) is 17.0. The van der Waals surface area contributed by atoms with Crippen LogP contribution in [0.15, 0.2) is 23.1 Å². The maximum atomic E-state index is 12.4. The summed E-state index contributed by atoms with van der Waals surface area (Å²) >= 11 is 0. The fourth-order valence-corrected chi connectivity index (χ4v) is 3.74. The Labute approximate surface area is 144 Å². The maximum Gasteiger partial charge on any atom is 0.240 e. The summed E-state index contributed by atoms with van der Waals surface area (Å²) in [4.78, 5) is 4.85. The van der Waals surface area contributed by atoms with E-state index >= 15 is 0 Å². The van der Waals surface area contributed by atoms with E-state index in [0.717, 1.165) is 39.1 Å². The van der Waals surface area contributed by atoms with Crippen molar-refractivity contribution in [2.75, 3.05) is 60.5 Å². The van der Waals surface area contributed by atoms with Crippen molar-refractivity contribution >= 4 is 10.0 Å². The lowest BCUT2D eigenvalue weighted by atomic mass is 10.3. The zero-order valence-electron chi connectivity index (χ0n) is 14.6. The topological polar surface area (TPSA) is 71.1 Å². The number of nitrogens with one attached hydrogen (secondary N) is 1. The minimum atomic E-state index is -3.54. The molecule has 0 unspecified atom stereocenters. The summed E-state index contributed by atoms with van der Waals surface area (Å²) in [5, 5.41) is 0. The third-order valence-electron chi connectivity index (χ3n) is 4.20. The summed E-state index contributed by atoms with van der Waals surface area (Å²) in [7, 11) is 1.58. The van der Waals surface area contributed by atoms with Crippen LogP contribution in [0.25, 0.3) is 0 Å². The highest BCUT2D eigenvalue weighted by Gasteiger charge is 2.17. The van der Waals surface area contributed by atoms with E-state index in [9.17, 15) is 8.42 Å². The van der Waals surface area contributed by atoms with Gasteiger partial charge in [-0.05, 0) is 32.1 Å². The van der Waals surface area contributed by atoms with Crippen molar-refractivity contribution in [1.82, 2.24) is 14.5 Å². The van der Waals surface area contributed by atoms with Gasteiger partial charge in [-0.1, -0.05) is 0 Å². The summed E-state index contributed by atoms with van der Waals surface area (Å²) in [5.41, 5.74) is 0. The van der Waals surface area contributed by atoms with Crippen LogP contribution >= 0.6 is 0 Å². The van der Waals surface area contributed by atoms with Crippen LogP contribution in [0.3, 0.4) is 0 Å². The molecular weight excluding hydrogens is 330 g/mol. The smallest absolute Gasteiger partial charge is 0.240 e. The van der Waals surface area contributed by atoms with E-state index in [1.165, 1.54) is 26.4 Å². The Bertz CT molecular complexity index is 628. The molecule has 1 saturated heterocycles. The van der Waals surface area contributed by atoms with Crippen molar-refractivity contribution in [3.8, 4) is 11.5 Å². The van der Waals surface area contributed by atoms with E-state index in [2.05, 4.69) is 21.6 Å². The van der Waals surface area contributed by atoms with Crippen molar-refractivity contribution in [1.29, 1.82) is 0 Å². The second-order valence-corrected chi connectivity index (χ2v) is 7.68. The minimum absolute atomic E-state index is 0.180. The first-order valence-corrected chi connectivity index (χ1v) is 9.57. The first-order chi connectivity index (χ1) is 11.5.